The van der Waals surface area contributed by atoms with Crippen LogP contribution in [0.2, 0.25) is 0 Å². The lowest BCUT2D eigenvalue weighted by Gasteiger charge is -2.04. The van der Waals surface area contributed by atoms with Crippen LogP contribution in [0, 0.1) is 0 Å². The Morgan fingerprint density at radius 2 is 1.92 bits per heavy atom. The average molecular weight is 326 g/mol. The summed E-state index contributed by atoms with van der Waals surface area (Å²) in [7, 11) is 0. The van der Waals surface area contributed by atoms with Crippen LogP contribution in [0.4, 0.5) is 0 Å². The number of hydrogen-bond donors (Lipinski definition) is 2. The normalized spacial score (nSPS) is 13.0. The minimum Gasteiger partial charge on any atom is -0.348 e. The van der Waals surface area contributed by atoms with E-state index < -0.39 is 0 Å². The van der Waals surface area contributed by atoms with E-state index in [0.29, 0.717) is 6.54 Å². The van der Waals surface area contributed by atoms with E-state index in [0.717, 1.165) is 44.4 Å². The van der Waals surface area contributed by atoms with E-state index >= 15 is 0 Å². The molecule has 120 valence electrons. The minimum atomic E-state index is 0.000933. The van der Waals surface area contributed by atoms with E-state index in [4.69, 9.17) is 0 Å². The molecule has 0 unspecified atom stereocenters. The molecule has 0 radical (unpaired) electrons. The fraction of sp³-hybridized carbons (Fsp3) is 0.0500. The first kappa shape index (κ1) is 13.9. The maximum absolute atomic E-state index is 11.7. The van der Waals surface area contributed by atoms with Gasteiger partial charge in [-0.3, -0.25) is 9.78 Å². The third-order valence-electron chi connectivity index (χ3n) is 4.63. The lowest BCUT2D eigenvalue weighted by molar-refractivity contribution is 0.0966. The number of aromatic nitrogens is 3. The third kappa shape index (κ3) is 2.21. The van der Waals surface area contributed by atoms with Gasteiger partial charge in [-0.15, -0.1) is 0 Å². The number of carbonyl (C=O) groups excluding carboxylic acids is 1. The summed E-state index contributed by atoms with van der Waals surface area (Å²) in [5.41, 5.74) is 6.86. The van der Waals surface area contributed by atoms with Crippen LogP contribution in [0.3, 0.4) is 0 Å². The molecule has 0 saturated carbocycles. The topological polar surface area (TPSA) is 70.7 Å². The molecule has 0 spiro atoms. The van der Waals surface area contributed by atoms with Gasteiger partial charge in [-0.1, -0.05) is 12.1 Å². The first-order valence-electron chi connectivity index (χ1n) is 8.08. The monoisotopic (exact) mass is 326 g/mol. The largest absolute Gasteiger partial charge is 0.348 e. The van der Waals surface area contributed by atoms with Crippen LogP contribution in [-0.2, 0) is 6.54 Å². The van der Waals surface area contributed by atoms with Crippen LogP contribution in [0.25, 0.3) is 33.3 Å². The molecule has 4 heterocycles. The van der Waals surface area contributed by atoms with Gasteiger partial charge < -0.3 is 10.3 Å². The lowest BCUT2D eigenvalue weighted by atomic mass is 9.99. The molecule has 25 heavy (non-hydrogen) atoms. The molecule has 0 aliphatic carbocycles. The van der Waals surface area contributed by atoms with Crippen LogP contribution in [0.5, 0.6) is 0 Å². The van der Waals surface area contributed by atoms with Crippen molar-refractivity contribution in [1.82, 2.24) is 20.3 Å². The summed E-state index contributed by atoms with van der Waals surface area (Å²) in [5, 5.41) is 3.91. The summed E-state index contributed by atoms with van der Waals surface area (Å²) in [6.45, 7) is 0.587. The van der Waals surface area contributed by atoms with Gasteiger partial charge in [0, 0.05) is 59.0 Å². The molecular weight excluding hydrogens is 312 g/mol. The highest BCUT2D eigenvalue weighted by atomic mass is 16.1. The molecule has 5 heteroatoms. The smallest absolute Gasteiger partial charge is 0.251 e. The summed E-state index contributed by atoms with van der Waals surface area (Å²) in [4.78, 5) is 23.7. The molecule has 1 aromatic carbocycles. The van der Waals surface area contributed by atoms with Gasteiger partial charge in [0.15, 0.2) is 0 Å². The number of H-pyrrole nitrogens is 1. The molecular formula is C20H14N4O. The Balaban J connectivity index is 1.66. The third-order valence-corrected chi connectivity index (χ3v) is 4.63. The molecule has 0 atom stereocenters. The second kappa shape index (κ2) is 5.27. The molecule has 5 rings (SSSR count). The Kier molecular flexibility index (Phi) is 2.94. The molecule has 0 fully saturated rings. The molecule has 5 nitrogen and oxygen atoms in total. The Morgan fingerprint density at radius 1 is 0.960 bits per heavy atom. The standard InChI is InChI=1S/C20H14N4O/c25-20-16-4-3-12(6-15(16)10-24-20)18-11-23-19-17(18)7-14(9-22-19)13-2-1-5-21-8-13/h1-9,11H,10H2,(H,22,23)(H,24,25). The van der Waals surface area contributed by atoms with Crippen LogP contribution in [0.15, 0.2) is 61.2 Å². The molecule has 4 aromatic rings. The molecule has 3 aromatic heterocycles. The highest BCUT2D eigenvalue weighted by Crippen LogP contribution is 2.32. The summed E-state index contributed by atoms with van der Waals surface area (Å²) >= 11 is 0. The Bertz CT molecular complexity index is 1120. The number of carbonyl (C=O) groups is 1. The first-order chi connectivity index (χ1) is 12.3. The highest BCUT2D eigenvalue weighted by molar-refractivity contribution is 6.00. The fourth-order valence-corrected chi connectivity index (χ4v) is 3.33. The molecule has 1 aliphatic rings. The summed E-state index contributed by atoms with van der Waals surface area (Å²) < 4.78 is 0. The van der Waals surface area contributed by atoms with Gasteiger partial charge in [0.1, 0.15) is 5.65 Å². The highest BCUT2D eigenvalue weighted by Gasteiger charge is 2.19. The van der Waals surface area contributed by atoms with Crippen molar-refractivity contribution in [1.29, 1.82) is 0 Å². The summed E-state index contributed by atoms with van der Waals surface area (Å²) in [5.74, 6) is 0.000933. The molecule has 0 bridgehead atoms. The number of amides is 1. The average Bonchev–Trinajstić information content (AvgIpc) is 3.25. The van der Waals surface area contributed by atoms with Crippen LogP contribution in [-0.4, -0.2) is 20.9 Å². The maximum atomic E-state index is 11.7. The number of fused-ring (bicyclic) bond motifs is 2. The van der Waals surface area contributed by atoms with Gasteiger partial charge in [0.25, 0.3) is 5.91 Å². The predicted molar refractivity (Wildman–Crippen MR) is 95.9 cm³/mol. The van der Waals surface area contributed by atoms with Gasteiger partial charge in [0.05, 0.1) is 0 Å². The number of rotatable bonds is 2. The molecule has 0 saturated heterocycles. The lowest BCUT2D eigenvalue weighted by Crippen LogP contribution is -2.12. The van der Waals surface area contributed by atoms with Crippen molar-refractivity contribution in [3.63, 3.8) is 0 Å². The number of pyridine rings is 2. The van der Waals surface area contributed by atoms with Gasteiger partial charge >= 0.3 is 0 Å². The minimum absolute atomic E-state index is 0.000933. The van der Waals surface area contributed by atoms with E-state index in [1.165, 1.54) is 0 Å². The molecule has 1 aliphatic heterocycles. The van der Waals surface area contributed by atoms with E-state index in [9.17, 15) is 4.79 Å². The van der Waals surface area contributed by atoms with Gasteiger partial charge in [-0.2, -0.15) is 0 Å². The van der Waals surface area contributed by atoms with Crippen molar-refractivity contribution in [3.8, 4) is 22.3 Å². The number of benzene rings is 1. The number of hydrogen-bond acceptors (Lipinski definition) is 3. The maximum Gasteiger partial charge on any atom is 0.251 e. The van der Waals surface area contributed by atoms with E-state index in [-0.39, 0.29) is 5.91 Å². The second-order valence-electron chi connectivity index (χ2n) is 6.12. The Morgan fingerprint density at radius 3 is 2.80 bits per heavy atom. The number of nitrogens with zero attached hydrogens (tertiary/aromatic N) is 2. The molecule has 2 N–H and O–H groups in total. The summed E-state index contributed by atoms with van der Waals surface area (Å²) in [6.07, 6.45) is 7.42. The van der Waals surface area contributed by atoms with E-state index in [2.05, 4.69) is 32.4 Å². The van der Waals surface area contributed by atoms with Gasteiger partial charge in [-0.05, 0) is 35.4 Å². The van der Waals surface area contributed by atoms with Gasteiger partial charge in [0.2, 0.25) is 0 Å². The van der Waals surface area contributed by atoms with Crippen molar-refractivity contribution in [2.75, 3.05) is 0 Å². The predicted octanol–water partition coefficient (Wildman–Crippen LogP) is 3.54. The number of nitrogens with one attached hydrogen (secondary N) is 2. The first-order valence-corrected chi connectivity index (χ1v) is 8.08. The van der Waals surface area contributed by atoms with E-state index in [1.807, 2.05) is 42.9 Å². The van der Waals surface area contributed by atoms with Crippen molar-refractivity contribution in [2.45, 2.75) is 6.54 Å². The Labute approximate surface area is 143 Å². The van der Waals surface area contributed by atoms with Crippen LogP contribution in [0.1, 0.15) is 15.9 Å². The van der Waals surface area contributed by atoms with Crippen molar-refractivity contribution >= 4 is 16.9 Å². The van der Waals surface area contributed by atoms with Crippen molar-refractivity contribution < 1.29 is 4.79 Å². The van der Waals surface area contributed by atoms with E-state index in [1.54, 1.807) is 6.20 Å². The summed E-state index contributed by atoms with van der Waals surface area (Å²) in [6, 6.07) is 12.0. The zero-order valence-electron chi connectivity index (χ0n) is 13.3. The van der Waals surface area contributed by atoms with Gasteiger partial charge in [-0.25, -0.2) is 4.98 Å². The quantitative estimate of drug-likeness (QED) is 0.592. The van der Waals surface area contributed by atoms with Crippen LogP contribution >= 0.6 is 0 Å². The second-order valence-corrected chi connectivity index (χ2v) is 6.12. The Hall–Kier alpha value is -3.47. The number of aromatic amines is 1. The zero-order valence-corrected chi connectivity index (χ0v) is 13.3. The van der Waals surface area contributed by atoms with Crippen LogP contribution < -0.4 is 5.32 Å². The van der Waals surface area contributed by atoms with Crippen molar-refractivity contribution in [2.24, 2.45) is 0 Å². The SMILES string of the molecule is O=C1NCc2cc(-c3c[nH]c4ncc(-c5cccnc5)cc34)ccc21. The van der Waals surface area contributed by atoms with Crippen molar-refractivity contribution in [3.05, 3.63) is 72.3 Å². The zero-order chi connectivity index (χ0) is 16.8. The fourth-order valence-electron chi connectivity index (χ4n) is 3.33. The molecule has 1 amide bonds.